The summed E-state index contributed by atoms with van der Waals surface area (Å²) in [7, 11) is -3.53. The third-order valence-corrected chi connectivity index (χ3v) is 5.44. The molecule has 0 aromatic heterocycles. The molecular weight excluding hydrogens is 348 g/mol. The lowest BCUT2D eigenvalue weighted by molar-refractivity contribution is -0.145. The van der Waals surface area contributed by atoms with E-state index in [0.29, 0.717) is 25.3 Å². The van der Waals surface area contributed by atoms with Crippen LogP contribution in [0.4, 0.5) is 0 Å². The van der Waals surface area contributed by atoms with Crippen LogP contribution in [0.1, 0.15) is 18.9 Å². The van der Waals surface area contributed by atoms with E-state index in [1.54, 1.807) is 19.1 Å². The van der Waals surface area contributed by atoms with Gasteiger partial charge < -0.3 is 14.7 Å². The van der Waals surface area contributed by atoms with E-state index < -0.39 is 22.0 Å². The number of morpholine rings is 1. The summed E-state index contributed by atoms with van der Waals surface area (Å²) >= 11 is 0. The van der Waals surface area contributed by atoms with Gasteiger partial charge in [-0.3, -0.25) is 9.59 Å². The van der Waals surface area contributed by atoms with Crippen LogP contribution in [0.25, 0.3) is 0 Å². The lowest BCUT2D eigenvalue weighted by Crippen LogP contribution is -2.50. The molecular formula is C16H22N2O6S. The average molecular weight is 370 g/mol. The summed E-state index contributed by atoms with van der Waals surface area (Å²) in [5.74, 6) is -1.18. The van der Waals surface area contributed by atoms with Gasteiger partial charge >= 0.3 is 5.97 Å². The Hall–Kier alpha value is -1.97. The minimum Gasteiger partial charge on any atom is -0.481 e. The monoisotopic (exact) mass is 370 g/mol. The van der Waals surface area contributed by atoms with Gasteiger partial charge in [0, 0.05) is 13.1 Å². The average Bonchev–Trinajstić information content (AvgIpc) is 2.55. The Morgan fingerprint density at radius 1 is 1.32 bits per heavy atom. The molecule has 0 aliphatic carbocycles. The summed E-state index contributed by atoms with van der Waals surface area (Å²) in [6.07, 6.45) is -0.0801. The molecule has 9 heteroatoms. The number of amides is 1. The van der Waals surface area contributed by atoms with Gasteiger partial charge in [0.15, 0.2) is 0 Å². The normalized spacial score (nSPS) is 18.1. The highest BCUT2D eigenvalue weighted by molar-refractivity contribution is 7.89. The third-order valence-electron chi connectivity index (χ3n) is 3.88. The van der Waals surface area contributed by atoms with Gasteiger partial charge in [0.1, 0.15) is 0 Å². The first-order valence-electron chi connectivity index (χ1n) is 8.01. The maximum absolute atomic E-state index is 12.5. The largest absolute Gasteiger partial charge is 0.481 e. The Morgan fingerprint density at radius 3 is 2.60 bits per heavy atom. The summed E-state index contributed by atoms with van der Waals surface area (Å²) in [4.78, 5) is 25.1. The molecule has 1 unspecified atom stereocenters. The summed E-state index contributed by atoms with van der Waals surface area (Å²) < 4.78 is 31.5. The molecule has 1 aliphatic rings. The van der Waals surface area contributed by atoms with Crippen molar-refractivity contribution in [3.8, 4) is 0 Å². The molecule has 1 fully saturated rings. The lowest BCUT2D eigenvalue weighted by Gasteiger charge is -2.35. The maximum Gasteiger partial charge on any atom is 0.305 e. The van der Waals surface area contributed by atoms with Crippen LogP contribution in [0.15, 0.2) is 29.2 Å². The Labute approximate surface area is 146 Å². The van der Waals surface area contributed by atoms with Crippen molar-refractivity contribution >= 4 is 21.9 Å². The molecule has 2 rings (SSSR count). The number of hydrogen-bond acceptors (Lipinski definition) is 5. The van der Waals surface area contributed by atoms with Gasteiger partial charge in [-0.2, -0.15) is 0 Å². The molecule has 1 aromatic rings. The fraction of sp³-hybridized carbons (Fsp3) is 0.500. The topological polar surface area (TPSA) is 113 Å². The number of rotatable bonds is 7. The second kappa shape index (κ2) is 8.41. The van der Waals surface area contributed by atoms with Crippen LogP contribution in [0.2, 0.25) is 0 Å². The zero-order valence-electron chi connectivity index (χ0n) is 14.0. The number of carbonyl (C=O) groups excluding carboxylic acids is 1. The van der Waals surface area contributed by atoms with E-state index in [1.165, 1.54) is 17.0 Å². The van der Waals surface area contributed by atoms with E-state index in [2.05, 4.69) is 4.72 Å². The summed E-state index contributed by atoms with van der Waals surface area (Å²) in [6, 6.07) is 5.61. The molecule has 2 N–H and O–H groups in total. The van der Waals surface area contributed by atoms with Crippen LogP contribution in [0.5, 0.6) is 0 Å². The van der Waals surface area contributed by atoms with Crippen molar-refractivity contribution in [1.29, 1.82) is 0 Å². The van der Waals surface area contributed by atoms with Crippen molar-refractivity contribution in [1.82, 2.24) is 9.62 Å². The van der Waals surface area contributed by atoms with Crippen molar-refractivity contribution in [2.75, 3.05) is 26.3 Å². The number of carbonyl (C=O) groups is 2. The predicted octanol–water partition coefficient (Wildman–Crippen LogP) is 0.229. The molecule has 25 heavy (non-hydrogen) atoms. The van der Waals surface area contributed by atoms with Gasteiger partial charge in [-0.05, 0) is 17.7 Å². The van der Waals surface area contributed by atoms with Crippen LogP contribution >= 0.6 is 0 Å². The van der Waals surface area contributed by atoms with E-state index in [-0.39, 0.29) is 30.3 Å². The molecule has 0 radical (unpaired) electrons. The van der Waals surface area contributed by atoms with E-state index in [9.17, 15) is 18.0 Å². The first-order chi connectivity index (χ1) is 11.8. The number of benzene rings is 1. The highest BCUT2D eigenvalue weighted by Crippen LogP contribution is 2.15. The minimum atomic E-state index is -3.53. The quantitative estimate of drug-likeness (QED) is 0.710. The molecule has 1 aliphatic heterocycles. The molecule has 8 nitrogen and oxygen atoms in total. The van der Waals surface area contributed by atoms with Crippen molar-refractivity contribution in [2.45, 2.75) is 30.7 Å². The standard InChI is InChI=1S/C16H22N2O6S/c1-2-17-25(22,23)14-5-3-12(4-6-14)9-15(19)18-7-8-24-11-13(18)10-16(20)21/h3-6,13,17H,2,7-11H2,1H3,(H,20,21). The number of carboxylic acids is 1. The molecule has 0 saturated carbocycles. The molecule has 138 valence electrons. The molecule has 0 spiro atoms. The Balaban J connectivity index is 2.05. The summed E-state index contributed by atoms with van der Waals surface area (Å²) in [6.45, 7) is 2.92. The van der Waals surface area contributed by atoms with Crippen LogP contribution in [0, 0.1) is 0 Å². The van der Waals surface area contributed by atoms with Gasteiger partial charge in [0.25, 0.3) is 0 Å². The number of sulfonamides is 1. The van der Waals surface area contributed by atoms with Crippen LogP contribution in [-0.4, -0.2) is 62.6 Å². The Kier molecular flexibility index (Phi) is 6.51. The SMILES string of the molecule is CCNS(=O)(=O)c1ccc(CC(=O)N2CCOCC2CC(=O)O)cc1. The molecule has 1 amide bonds. The maximum atomic E-state index is 12.5. The second-order valence-corrected chi connectivity index (χ2v) is 7.50. The fourth-order valence-electron chi connectivity index (χ4n) is 2.69. The van der Waals surface area contributed by atoms with E-state index in [1.807, 2.05) is 0 Å². The van der Waals surface area contributed by atoms with Crippen molar-refractivity contribution in [2.24, 2.45) is 0 Å². The first-order valence-corrected chi connectivity index (χ1v) is 9.49. The number of nitrogens with one attached hydrogen (secondary N) is 1. The summed E-state index contributed by atoms with van der Waals surface area (Å²) in [5.41, 5.74) is 0.668. The van der Waals surface area contributed by atoms with Crippen molar-refractivity contribution < 1.29 is 27.9 Å². The number of hydrogen-bond donors (Lipinski definition) is 2. The molecule has 1 saturated heterocycles. The van der Waals surface area contributed by atoms with E-state index in [0.717, 1.165) is 0 Å². The smallest absolute Gasteiger partial charge is 0.305 e. The zero-order chi connectivity index (χ0) is 18.4. The number of aliphatic carboxylic acids is 1. The van der Waals surface area contributed by atoms with E-state index >= 15 is 0 Å². The van der Waals surface area contributed by atoms with Gasteiger partial charge in [-0.1, -0.05) is 19.1 Å². The lowest BCUT2D eigenvalue weighted by atomic mass is 10.1. The molecule has 1 aromatic carbocycles. The van der Waals surface area contributed by atoms with Gasteiger partial charge in [0.05, 0.1) is 37.0 Å². The Morgan fingerprint density at radius 2 is 2.00 bits per heavy atom. The fourth-order valence-corrected chi connectivity index (χ4v) is 3.73. The van der Waals surface area contributed by atoms with Crippen LogP contribution < -0.4 is 4.72 Å². The minimum absolute atomic E-state index is 0.0810. The number of carboxylic acid groups (broad SMARTS) is 1. The van der Waals surface area contributed by atoms with Crippen LogP contribution in [0.3, 0.4) is 0 Å². The number of nitrogens with zero attached hydrogens (tertiary/aromatic N) is 1. The second-order valence-electron chi connectivity index (χ2n) is 5.74. The first kappa shape index (κ1) is 19.4. The third kappa shape index (κ3) is 5.25. The van der Waals surface area contributed by atoms with Crippen LogP contribution in [-0.2, 0) is 30.8 Å². The summed E-state index contributed by atoms with van der Waals surface area (Å²) in [5, 5.41) is 8.95. The predicted molar refractivity (Wildman–Crippen MR) is 89.6 cm³/mol. The van der Waals surface area contributed by atoms with Gasteiger partial charge in [-0.15, -0.1) is 0 Å². The number of ether oxygens (including phenoxy) is 1. The zero-order valence-corrected chi connectivity index (χ0v) is 14.8. The van der Waals surface area contributed by atoms with Crippen molar-refractivity contribution in [3.05, 3.63) is 29.8 Å². The van der Waals surface area contributed by atoms with Crippen molar-refractivity contribution in [3.63, 3.8) is 0 Å². The molecule has 1 atom stereocenters. The van der Waals surface area contributed by atoms with E-state index in [4.69, 9.17) is 9.84 Å². The Bertz CT molecular complexity index is 717. The highest BCUT2D eigenvalue weighted by Gasteiger charge is 2.29. The molecule has 1 heterocycles. The van der Waals surface area contributed by atoms with Gasteiger partial charge in [-0.25, -0.2) is 13.1 Å². The van der Waals surface area contributed by atoms with Gasteiger partial charge in [0.2, 0.25) is 15.9 Å². The molecule has 0 bridgehead atoms. The highest BCUT2D eigenvalue weighted by atomic mass is 32.2.